The van der Waals surface area contributed by atoms with Crippen molar-refractivity contribution in [3.8, 4) is 0 Å². The van der Waals surface area contributed by atoms with Gasteiger partial charge in [-0.25, -0.2) is 0 Å². The number of carbonyl (C=O) groups is 2. The monoisotopic (exact) mass is 400 g/mol. The predicted molar refractivity (Wildman–Crippen MR) is 101 cm³/mol. The standard InChI is InChI=1S/C20H21BrN2O2/c21-16-9-4-8-15(12-16)20(25)22-13-19(24)23-18-11-5-10-17(18)14-6-2-1-3-7-14/h1-4,6-9,12,17-18H,5,10-11,13H2,(H,22,25)(H,23,24)/t17-,18+/m0/s1. The van der Waals surface area contributed by atoms with Gasteiger partial charge in [0.2, 0.25) is 5.91 Å². The molecule has 0 spiro atoms. The molecule has 2 amide bonds. The summed E-state index contributed by atoms with van der Waals surface area (Å²) in [6.45, 7) is -0.0106. The van der Waals surface area contributed by atoms with Crippen molar-refractivity contribution in [1.29, 1.82) is 0 Å². The van der Waals surface area contributed by atoms with Crippen molar-refractivity contribution >= 4 is 27.7 Å². The van der Waals surface area contributed by atoms with Crippen LogP contribution in [0.2, 0.25) is 0 Å². The van der Waals surface area contributed by atoms with Gasteiger partial charge in [-0.2, -0.15) is 0 Å². The van der Waals surface area contributed by atoms with Crippen LogP contribution in [0.1, 0.15) is 41.1 Å². The second kappa shape index (κ2) is 8.30. The van der Waals surface area contributed by atoms with Crippen molar-refractivity contribution in [3.63, 3.8) is 0 Å². The van der Waals surface area contributed by atoms with Crippen LogP contribution in [0.4, 0.5) is 0 Å². The van der Waals surface area contributed by atoms with Crippen LogP contribution >= 0.6 is 15.9 Å². The largest absolute Gasteiger partial charge is 0.351 e. The van der Waals surface area contributed by atoms with Crippen LogP contribution in [0.3, 0.4) is 0 Å². The Kier molecular flexibility index (Phi) is 5.87. The fraction of sp³-hybridized carbons (Fsp3) is 0.300. The van der Waals surface area contributed by atoms with E-state index < -0.39 is 0 Å². The summed E-state index contributed by atoms with van der Waals surface area (Å²) in [6.07, 6.45) is 3.17. The predicted octanol–water partition coefficient (Wildman–Crippen LogP) is 3.63. The lowest BCUT2D eigenvalue weighted by atomic mass is 9.94. The summed E-state index contributed by atoms with van der Waals surface area (Å²) in [4.78, 5) is 24.4. The van der Waals surface area contributed by atoms with Gasteiger partial charge in [-0.05, 0) is 36.6 Å². The molecule has 5 heteroatoms. The minimum Gasteiger partial charge on any atom is -0.351 e. The van der Waals surface area contributed by atoms with Crippen LogP contribution in [-0.4, -0.2) is 24.4 Å². The molecule has 2 N–H and O–H groups in total. The quantitative estimate of drug-likeness (QED) is 0.804. The molecule has 130 valence electrons. The molecule has 0 unspecified atom stereocenters. The van der Waals surface area contributed by atoms with E-state index >= 15 is 0 Å². The Morgan fingerprint density at radius 2 is 1.84 bits per heavy atom. The van der Waals surface area contributed by atoms with E-state index in [1.165, 1.54) is 5.56 Å². The first-order valence-electron chi connectivity index (χ1n) is 8.51. The van der Waals surface area contributed by atoms with Crippen LogP contribution in [0.15, 0.2) is 59.1 Å². The summed E-state index contributed by atoms with van der Waals surface area (Å²) in [7, 11) is 0. The van der Waals surface area contributed by atoms with E-state index in [1.54, 1.807) is 18.2 Å². The van der Waals surface area contributed by atoms with Crippen molar-refractivity contribution in [1.82, 2.24) is 10.6 Å². The van der Waals surface area contributed by atoms with Gasteiger partial charge >= 0.3 is 0 Å². The molecule has 4 nitrogen and oxygen atoms in total. The third-order valence-corrected chi connectivity index (χ3v) is 5.08. The Hall–Kier alpha value is -2.14. The van der Waals surface area contributed by atoms with Crippen molar-refractivity contribution in [2.75, 3.05) is 6.54 Å². The number of hydrogen-bond donors (Lipinski definition) is 2. The molecule has 0 aliphatic heterocycles. The summed E-state index contributed by atoms with van der Waals surface area (Å²) in [5, 5.41) is 5.77. The number of carbonyl (C=O) groups excluding carboxylic acids is 2. The zero-order chi connectivity index (χ0) is 17.6. The summed E-state index contributed by atoms with van der Waals surface area (Å²) in [5.41, 5.74) is 1.80. The first kappa shape index (κ1) is 17.7. The normalized spacial score (nSPS) is 19.4. The maximum atomic E-state index is 12.2. The van der Waals surface area contributed by atoms with Gasteiger partial charge in [0, 0.05) is 22.0 Å². The van der Waals surface area contributed by atoms with Crippen molar-refractivity contribution in [2.24, 2.45) is 0 Å². The molecule has 1 aliphatic carbocycles. The van der Waals surface area contributed by atoms with Gasteiger partial charge in [-0.1, -0.05) is 58.7 Å². The molecular weight excluding hydrogens is 380 g/mol. The smallest absolute Gasteiger partial charge is 0.251 e. The molecule has 0 bridgehead atoms. The third kappa shape index (κ3) is 4.69. The van der Waals surface area contributed by atoms with E-state index in [0.29, 0.717) is 11.5 Å². The highest BCUT2D eigenvalue weighted by atomic mass is 79.9. The van der Waals surface area contributed by atoms with E-state index in [4.69, 9.17) is 0 Å². The maximum Gasteiger partial charge on any atom is 0.251 e. The van der Waals surface area contributed by atoms with Gasteiger partial charge in [0.05, 0.1) is 6.54 Å². The first-order valence-corrected chi connectivity index (χ1v) is 9.31. The SMILES string of the molecule is O=C(CNC(=O)c1cccc(Br)c1)N[C@@H]1CCC[C@H]1c1ccccc1. The van der Waals surface area contributed by atoms with E-state index in [1.807, 2.05) is 24.3 Å². The highest BCUT2D eigenvalue weighted by Gasteiger charge is 2.29. The van der Waals surface area contributed by atoms with Crippen LogP contribution in [0.25, 0.3) is 0 Å². The third-order valence-electron chi connectivity index (χ3n) is 4.59. The molecule has 2 aromatic carbocycles. The Labute approximate surface area is 156 Å². The molecule has 1 fully saturated rings. The van der Waals surface area contributed by atoms with Crippen molar-refractivity contribution in [2.45, 2.75) is 31.2 Å². The summed E-state index contributed by atoms with van der Waals surface area (Å²) in [5.74, 6) is -0.0374. The van der Waals surface area contributed by atoms with Gasteiger partial charge in [-0.15, -0.1) is 0 Å². The molecule has 0 aromatic heterocycles. The molecule has 3 rings (SSSR count). The molecule has 1 aliphatic rings. The fourth-order valence-corrected chi connectivity index (χ4v) is 3.78. The van der Waals surface area contributed by atoms with Crippen LogP contribution in [0.5, 0.6) is 0 Å². The van der Waals surface area contributed by atoms with Crippen LogP contribution in [-0.2, 0) is 4.79 Å². The number of halogens is 1. The molecule has 2 aromatic rings. The molecule has 0 radical (unpaired) electrons. The number of benzene rings is 2. The Bertz CT molecular complexity index is 748. The minimum absolute atomic E-state index is 0.0106. The second-order valence-electron chi connectivity index (χ2n) is 6.32. The summed E-state index contributed by atoms with van der Waals surface area (Å²) >= 11 is 3.34. The zero-order valence-electron chi connectivity index (χ0n) is 13.9. The lowest BCUT2D eigenvalue weighted by Gasteiger charge is -2.21. The molecule has 2 atom stereocenters. The second-order valence-corrected chi connectivity index (χ2v) is 7.23. The van der Waals surface area contributed by atoms with Crippen molar-refractivity contribution in [3.05, 3.63) is 70.2 Å². The fourth-order valence-electron chi connectivity index (χ4n) is 3.38. The summed E-state index contributed by atoms with van der Waals surface area (Å²) in [6, 6.07) is 17.5. The average molecular weight is 401 g/mol. The van der Waals surface area contributed by atoms with Crippen LogP contribution < -0.4 is 10.6 Å². The summed E-state index contributed by atoms with van der Waals surface area (Å²) < 4.78 is 0.835. The lowest BCUT2D eigenvalue weighted by Crippen LogP contribution is -2.42. The molecule has 1 saturated carbocycles. The van der Waals surface area contributed by atoms with E-state index in [2.05, 4.69) is 38.7 Å². The van der Waals surface area contributed by atoms with Gasteiger partial charge in [0.1, 0.15) is 0 Å². The molecule has 0 saturated heterocycles. The minimum atomic E-state index is -0.248. The Balaban J connectivity index is 1.53. The zero-order valence-corrected chi connectivity index (χ0v) is 15.5. The highest BCUT2D eigenvalue weighted by molar-refractivity contribution is 9.10. The van der Waals surface area contributed by atoms with E-state index in [0.717, 1.165) is 23.7 Å². The lowest BCUT2D eigenvalue weighted by molar-refractivity contribution is -0.120. The number of hydrogen-bond acceptors (Lipinski definition) is 2. The Morgan fingerprint density at radius 3 is 2.60 bits per heavy atom. The average Bonchev–Trinajstić information content (AvgIpc) is 3.08. The first-order chi connectivity index (χ1) is 12.1. The number of nitrogens with one attached hydrogen (secondary N) is 2. The topological polar surface area (TPSA) is 58.2 Å². The Morgan fingerprint density at radius 1 is 1.04 bits per heavy atom. The van der Waals surface area contributed by atoms with E-state index in [-0.39, 0.29) is 24.4 Å². The highest BCUT2D eigenvalue weighted by Crippen LogP contribution is 2.34. The van der Waals surface area contributed by atoms with Crippen LogP contribution in [0, 0.1) is 0 Å². The molecular formula is C20H21BrN2O2. The maximum absolute atomic E-state index is 12.2. The van der Waals surface area contributed by atoms with Crippen molar-refractivity contribution < 1.29 is 9.59 Å². The molecule has 25 heavy (non-hydrogen) atoms. The number of amides is 2. The van der Waals surface area contributed by atoms with Gasteiger partial charge in [0.25, 0.3) is 5.91 Å². The van der Waals surface area contributed by atoms with Gasteiger partial charge in [0.15, 0.2) is 0 Å². The molecule has 0 heterocycles. The van der Waals surface area contributed by atoms with Gasteiger partial charge < -0.3 is 10.6 Å². The number of rotatable bonds is 5. The van der Waals surface area contributed by atoms with E-state index in [9.17, 15) is 9.59 Å². The van der Waals surface area contributed by atoms with Gasteiger partial charge in [-0.3, -0.25) is 9.59 Å².